The van der Waals surface area contributed by atoms with Gasteiger partial charge in [-0.15, -0.1) is 0 Å². The molecule has 138 valence electrons. The van der Waals surface area contributed by atoms with Crippen molar-refractivity contribution in [1.29, 1.82) is 0 Å². The van der Waals surface area contributed by atoms with Crippen LogP contribution in [0.5, 0.6) is 0 Å². The van der Waals surface area contributed by atoms with Crippen LogP contribution in [0.15, 0.2) is 6.20 Å². The normalized spacial score (nSPS) is 21.8. The Hall–Kier alpha value is -1.89. The highest BCUT2D eigenvalue weighted by atomic mass is 16.2. The maximum Gasteiger partial charge on any atom is 0.238 e. The number of carbonyl (C=O) groups is 2. The molecule has 2 aliphatic rings. The molecule has 0 bridgehead atoms. The van der Waals surface area contributed by atoms with E-state index in [9.17, 15) is 9.59 Å². The Morgan fingerprint density at radius 3 is 2.84 bits per heavy atom. The summed E-state index contributed by atoms with van der Waals surface area (Å²) in [7, 11) is 1.85. The van der Waals surface area contributed by atoms with Gasteiger partial charge in [-0.05, 0) is 39.2 Å². The van der Waals surface area contributed by atoms with E-state index in [-0.39, 0.29) is 11.8 Å². The first-order valence-corrected chi connectivity index (χ1v) is 9.35. The second-order valence-electron chi connectivity index (χ2n) is 7.24. The van der Waals surface area contributed by atoms with E-state index in [0.29, 0.717) is 19.0 Å². The van der Waals surface area contributed by atoms with Gasteiger partial charge in [0, 0.05) is 38.8 Å². The van der Waals surface area contributed by atoms with Crippen LogP contribution in [0.25, 0.3) is 0 Å². The minimum Gasteiger partial charge on any atom is -0.343 e. The molecule has 2 saturated heterocycles. The molecule has 0 saturated carbocycles. The molecule has 1 unspecified atom stereocenters. The van der Waals surface area contributed by atoms with Crippen molar-refractivity contribution in [1.82, 2.24) is 19.6 Å². The molecule has 2 fully saturated rings. The predicted octanol–water partition coefficient (Wildman–Crippen LogP) is 1.53. The Morgan fingerprint density at radius 2 is 2.16 bits per heavy atom. The number of anilines is 1. The van der Waals surface area contributed by atoms with Crippen molar-refractivity contribution in [2.24, 2.45) is 7.05 Å². The SMILES string of the molecule is Cc1nn(C)cc1NC(=O)CN1CCCCC1CCN1CCCC1=O. The summed E-state index contributed by atoms with van der Waals surface area (Å²) in [4.78, 5) is 28.5. The Morgan fingerprint density at radius 1 is 1.32 bits per heavy atom. The number of aryl methyl sites for hydroxylation is 2. The molecule has 0 aromatic carbocycles. The molecule has 2 amide bonds. The Kier molecular flexibility index (Phi) is 5.73. The van der Waals surface area contributed by atoms with Crippen LogP contribution in [-0.4, -0.2) is 63.6 Å². The monoisotopic (exact) mass is 347 g/mol. The highest BCUT2D eigenvalue weighted by Crippen LogP contribution is 2.21. The summed E-state index contributed by atoms with van der Waals surface area (Å²) in [5, 5.41) is 7.23. The molecule has 1 N–H and O–H groups in total. The molecule has 0 aliphatic carbocycles. The standard InChI is InChI=1S/C18H29N5O2/c1-14-16(12-21(2)20-14)19-17(24)13-23-9-4-3-6-15(23)8-11-22-10-5-7-18(22)25/h12,15H,3-11,13H2,1-2H3,(H,19,24). The van der Waals surface area contributed by atoms with Crippen molar-refractivity contribution < 1.29 is 9.59 Å². The van der Waals surface area contributed by atoms with E-state index in [1.165, 1.54) is 6.42 Å². The van der Waals surface area contributed by atoms with Gasteiger partial charge in [-0.2, -0.15) is 5.10 Å². The van der Waals surface area contributed by atoms with Crippen LogP contribution in [0, 0.1) is 6.92 Å². The Balaban J connectivity index is 1.52. The van der Waals surface area contributed by atoms with Gasteiger partial charge in [-0.25, -0.2) is 0 Å². The number of hydrogen-bond donors (Lipinski definition) is 1. The summed E-state index contributed by atoms with van der Waals surface area (Å²) in [6, 6.07) is 0.392. The van der Waals surface area contributed by atoms with Crippen molar-refractivity contribution in [3.05, 3.63) is 11.9 Å². The third-order valence-electron chi connectivity index (χ3n) is 5.29. The topological polar surface area (TPSA) is 70.5 Å². The summed E-state index contributed by atoms with van der Waals surface area (Å²) < 4.78 is 1.71. The number of piperidine rings is 1. The lowest BCUT2D eigenvalue weighted by Gasteiger charge is -2.36. The van der Waals surface area contributed by atoms with E-state index in [4.69, 9.17) is 0 Å². The summed E-state index contributed by atoms with van der Waals surface area (Å²) >= 11 is 0. The summed E-state index contributed by atoms with van der Waals surface area (Å²) in [6.07, 6.45) is 7.93. The van der Waals surface area contributed by atoms with Crippen LogP contribution in [0.3, 0.4) is 0 Å². The van der Waals surface area contributed by atoms with Crippen LogP contribution in [0.2, 0.25) is 0 Å². The minimum atomic E-state index is 0.0141. The minimum absolute atomic E-state index is 0.0141. The largest absolute Gasteiger partial charge is 0.343 e. The van der Waals surface area contributed by atoms with Crippen LogP contribution in [0.4, 0.5) is 5.69 Å². The molecule has 7 nitrogen and oxygen atoms in total. The number of aromatic nitrogens is 2. The van der Waals surface area contributed by atoms with Crippen LogP contribution in [0.1, 0.15) is 44.2 Å². The van der Waals surface area contributed by atoms with Crippen molar-refractivity contribution >= 4 is 17.5 Å². The number of rotatable bonds is 6. The Labute approximate surface area is 149 Å². The second kappa shape index (κ2) is 7.99. The van der Waals surface area contributed by atoms with Crippen LogP contribution < -0.4 is 5.32 Å². The smallest absolute Gasteiger partial charge is 0.238 e. The molecule has 7 heteroatoms. The number of hydrogen-bond acceptors (Lipinski definition) is 4. The maximum absolute atomic E-state index is 12.4. The zero-order valence-corrected chi connectivity index (χ0v) is 15.3. The predicted molar refractivity (Wildman–Crippen MR) is 96.2 cm³/mol. The van der Waals surface area contributed by atoms with E-state index < -0.39 is 0 Å². The zero-order valence-electron chi connectivity index (χ0n) is 15.3. The Bertz CT molecular complexity index is 627. The first-order chi connectivity index (χ1) is 12.0. The van der Waals surface area contributed by atoms with Gasteiger partial charge in [0.05, 0.1) is 17.9 Å². The number of likely N-dealkylation sites (tertiary alicyclic amines) is 2. The lowest BCUT2D eigenvalue weighted by atomic mass is 9.99. The molecule has 3 rings (SSSR count). The lowest BCUT2D eigenvalue weighted by molar-refractivity contribution is -0.128. The van der Waals surface area contributed by atoms with E-state index in [2.05, 4.69) is 15.3 Å². The first-order valence-electron chi connectivity index (χ1n) is 9.35. The molecule has 0 spiro atoms. The van der Waals surface area contributed by atoms with Crippen molar-refractivity contribution in [3.8, 4) is 0 Å². The van der Waals surface area contributed by atoms with Crippen molar-refractivity contribution in [3.63, 3.8) is 0 Å². The zero-order chi connectivity index (χ0) is 17.8. The summed E-state index contributed by atoms with van der Waals surface area (Å²) in [5.41, 5.74) is 1.61. The molecule has 1 aromatic heterocycles. The maximum atomic E-state index is 12.4. The number of carbonyl (C=O) groups excluding carboxylic acids is 2. The van der Waals surface area contributed by atoms with E-state index >= 15 is 0 Å². The molecule has 1 atom stereocenters. The van der Waals surface area contributed by atoms with Crippen LogP contribution >= 0.6 is 0 Å². The third kappa shape index (κ3) is 4.60. The van der Waals surface area contributed by atoms with Crippen molar-refractivity contribution in [2.75, 3.05) is 31.5 Å². The quantitative estimate of drug-likeness (QED) is 0.847. The average molecular weight is 347 g/mol. The fourth-order valence-corrected chi connectivity index (χ4v) is 3.94. The van der Waals surface area contributed by atoms with Gasteiger partial charge in [-0.3, -0.25) is 19.2 Å². The van der Waals surface area contributed by atoms with E-state index in [0.717, 1.165) is 56.7 Å². The average Bonchev–Trinajstić information content (AvgIpc) is 3.11. The van der Waals surface area contributed by atoms with Gasteiger partial charge >= 0.3 is 0 Å². The van der Waals surface area contributed by atoms with Gasteiger partial charge in [0.15, 0.2) is 0 Å². The fraction of sp³-hybridized carbons (Fsp3) is 0.722. The number of amides is 2. The van der Waals surface area contributed by atoms with Gasteiger partial charge in [-0.1, -0.05) is 6.42 Å². The van der Waals surface area contributed by atoms with Gasteiger partial charge in [0.25, 0.3) is 0 Å². The molecular formula is C18H29N5O2. The summed E-state index contributed by atoms with van der Waals surface area (Å²) in [6.45, 7) is 4.98. The van der Waals surface area contributed by atoms with Gasteiger partial charge in [0.2, 0.25) is 11.8 Å². The highest BCUT2D eigenvalue weighted by Gasteiger charge is 2.27. The fourth-order valence-electron chi connectivity index (χ4n) is 3.94. The molecule has 0 radical (unpaired) electrons. The molecule has 1 aromatic rings. The molecule has 25 heavy (non-hydrogen) atoms. The van der Waals surface area contributed by atoms with Gasteiger partial charge < -0.3 is 10.2 Å². The third-order valence-corrected chi connectivity index (χ3v) is 5.29. The summed E-state index contributed by atoms with van der Waals surface area (Å²) in [5.74, 6) is 0.299. The van der Waals surface area contributed by atoms with Crippen molar-refractivity contribution in [2.45, 2.75) is 51.5 Å². The highest BCUT2D eigenvalue weighted by molar-refractivity contribution is 5.92. The number of nitrogens with one attached hydrogen (secondary N) is 1. The van der Waals surface area contributed by atoms with E-state index in [1.807, 2.05) is 25.1 Å². The van der Waals surface area contributed by atoms with Gasteiger partial charge in [0.1, 0.15) is 0 Å². The number of nitrogens with zero attached hydrogens (tertiary/aromatic N) is 4. The lowest BCUT2D eigenvalue weighted by Crippen LogP contribution is -2.45. The molecule has 3 heterocycles. The van der Waals surface area contributed by atoms with Crippen LogP contribution in [-0.2, 0) is 16.6 Å². The van der Waals surface area contributed by atoms with E-state index in [1.54, 1.807) is 4.68 Å². The molecule has 2 aliphatic heterocycles. The first kappa shape index (κ1) is 17.9. The molecular weight excluding hydrogens is 318 g/mol. The second-order valence-corrected chi connectivity index (χ2v) is 7.24.